The van der Waals surface area contributed by atoms with Crippen LogP contribution in [0, 0.1) is 0 Å². The maximum atomic E-state index is 13.4. The average molecular weight is 446 g/mol. The molecule has 0 spiro atoms. The summed E-state index contributed by atoms with van der Waals surface area (Å²) in [6, 6.07) is 7.46. The minimum Gasteiger partial charge on any atom is -0.383 e. The van der Waals surface area contributed by atoms with E-state index in [1.165, 1.54) is 9.91 Å². The molecule has 1 unspecified atom stereocenters. The van der Waals surface area contributed by atoms with Crippen LogP contribution in [0.1, 0.15) is 43.8 Å². The molecule has 31 heavy (non-hydrogen) atoms. The number of ether oxygens (including phenoxy) is 1. The minimum absolute atomic E-state index is 0.0760. The number of aromatic nitrogens is 1. The predicted molar refractivity (Wildman–Crippen MR) is 122 cm³/mol. The third-order valence-corrected chi connectivity index (χ3v) is 5.88. The van der Waals surface area contributed by atoms with Crippen molar-refractivity contribution in [3.63, 3.8) is 0 Å². The first kappa shape index (κ1) is 23.0. The Morgan fingerprint density at radius 2 is 2.10 bits per heavy atom. The molecular formula is C22H31N5O3S. The number of nitrogens with one attached hydrogen (secondary N) is 1. The molecule has 0 radical (unpaired) electrons. The van der Waals surface area contributed by atoms with Gasteiger partial charge in [-0.2, -0.15) is 5.10 Å². The maximum absolute atomic E-state index is 13.4. The van der Waals surface area contributed by atoms with Gasteiger partial charge in [0.2, 0.25) is 0 Å². The molecule has 1 atom stereocenters. The quantitative estimate of drug-likeness (QED) is 0.711. The Kier molecular flexibility index (Phi) is 7.17. The Labute approximate surface area is 187 Å². The lowest BCUT2D eigenvalue weighted by Crippen LogP contribution is -2.52. The molecule has 1 aliphatic heterocycles. The van der Waals surface area contributed by atoms with E-state index in [9.17, 15) is 9.59 Å². The van der Waals surface area contributed by atoms with Crippen LogP contribution in [-0.4, -0.2) is 64.5 Å². The number of carbonyl (C=O) groups is 2. The fourth-order valence-electron chi connectivity index (χ4n) is 3.47. The van der Waals surface area contributed by atoms with Crippen molar-refractivity contribution in [2.75, 3.05) is 26.8 Å². The molecule has 9 heteroatoms. The molecule has 0 saturated heterocycles. The summed E-state index contributed by atoms with van der Waals surface area (Å²) in [7, 11) is 3.54. The van der Waals surface area contributed by atoms with Gasteiger partial charge in [-0.15, -0.1) is 11.3 Å². The fraction of sp³-hybridized carbons (Fsp3) is 0.500. The van der Waals surface area contributed by atoms with E-state index >= 15 is 0 Å². The SMILES string of the molecule is COCCN(CC(=O)N1N=C(c2cccs2)CC1c1cccn1C)C(=O)NC(C)(C)C. The van der Waals surface area contributed by atoms with Crippen molar-refractivity contribution in [1.29, 1.82) is 0 Å². The summed E-state index contributed by atoms with van der Waals surface area (Å²) in [5.41, 5.74) is 1.48. The zero-order valence-electron chi connectivity index (χ0n) is 18.8. The monoisotopic (exact) mass is 445 g/mol. The van der Waals surface area contributed by atoms with Crippen LogP contribution < -0.4 is 5.32 Å². The van der Waals surface area contributed by atoms with Gasteiger partial charge in [-0.1, -0.05) is 6.07 Å². The van der Waals surface area contributed by atoms with Crippen molar-refractivity contribution in [3.05, 3.63) is 46.4 Å². The number of methoxy groups -OCH3 is 1. The molecule has 168 valence electrons. The molecule has 3 heterocycles. The van der Waals surface area contributed by atoms with Crippen LogP contribution in [0.5, 0.6) is 0 Å². The summed E-state index contributed by atoms with van der Waals surface area (Å²) in [6.45, 7) is 6.30. The van der Waals surface area contributed by atoms with Crippen LogP contribution >= 0.6 is 11.3 Å². The second-order valence-electron chi connectivity index (χ2n) is 8.62. The summed E-state index contributed by atoms with van der Waals surface area (Å²) in [6.07, 6.45) is 2.60. The number of amides is 3. The van der Waals surface area contributed by atoms with E-state index in [1.54, 1.807) is 18.4 Å². The zero-order chi connectivity index (χ0) is 22.6. The van der Waals surface area contributed by atoms with Gasteiger partial charge in [-0.3, -0.25) is 4.79 Å². The highest BCUT2D eigenvalue weighted by Crippen LogP contribution is 2.33. The fourth-order valence-corrected chi connectivity index (χ4v) is 4.19. The van der Waals surface area contributed by atoms with Gasteiger partial charge in [-0.25, -0.2) is 9.80 Å². The van der Waals surface area contributed by atoms with Gasteiger partial charge >= 0.3 is 6.03 Å². The van der Waals surface area contributed by atoms with E-state index in [0.29, 0.717) is 19.6 Å². The maximum Gasteiger partial charge on any atom is 0.318 e. The normalized spacial score (nSPS) is 16.4. The topological polar surface area (TPSA) is 79.2 Å². The van der Waals surface area contributed by atoms with E-state index in [0.717, 1.165) is 16.3 Å². The van der Waals surface area contributed by atoms with Gasteiger partial charge in [0, 0.05) is 44.6 Å². The smallest absolute Gasteiger partial charge is 0.318 e. The van der Waals surface area contributed by atoms with Crippen molar-refractivity contribution in [3.8, 4) is 0 Å². The molecular weight excluding hydrogens is 414 g/mol. The summed E-state index contributed by atoms with van der Waals surface area (Å²) in [5.74, 6) is -0.224. The molecule has 3 amide bonds. The number of nitrogens with zero attached hydrogens (tertiary/aromatic N) is 4. The lowest BCUT2D eigenvalue weighted by atomic mass is 10.1. The van der Waals surface area contributed by atoms with Gasteiger partial charge in [0.05, 0.1) is 17.2 Å². The van der Waals surface area contributed by atoms with Crippen LogP contribution in [-0.2, 0) is 16.6 Å². The molecule has 1 aliphatic rings. The average Bonchev–Trinajstić information content (AvgIpc) is 3.42. The number of hydrogen-bond acceptors (Lipinski definition) is 5. The first-order chi connectivity index (χ1) is 14.7. The number of hydrazone groups is 1. The molecule has 0 fully saturated rings. The molecule has 8 nitrogen and oxygen atoms in total. The molecule has 0 saturated carbocycles. The van der Waals surface area contributed by atoms with Crippen molar-refractivity contribution in [2.24, 2.45) is 12.1 Å². The Hall–Kier alpha value is -2.65. The molecule has 1 N–H and O–H groups in total. The summed E-state index contributed by atoms with van der Waals surface area (Å²) in [4.78, 5) is 28.7. The third-order valence-electron chi connectivity index (χ3n) is 4.96. The van der Waals surface area contributed by atoms with Gasteiger partial charge < -0.3 is 19.5 Å². The van der Waals surface area contributed by atoms with E-state index < -0.39 is 5.54 Å². The Bertz CT molecular complexity index is 929. The van der Waals surface area contributed by atoms with Crippen LogP contribution in [0.2, 0.25) is 0 Å². The number of urea groups is 1. The molecule has 2 aromatic heterocycles. The molecule has 2 aromatic rings. The van der Waals surface area contributed by atoms with Gasteiger partial charge in [0.25, 0.3) is 5.91 Å². The van der Waals surface area contributed by atoms with Crippen molar-refractivity contribution < 1.29 is 14.3 Å². The lowest BCUT2D eigenvalue weighted by Gasteiger charge is -2.30. The number of thiophene rings is 1. The number of rotatable bonds is 7. The van der Waals surface area contributed by atoms with E-state index in [-0.39, 0.29) is 24.5 Å². The predicted octanol–water partition coefficient (Wildman–Crippen LogP) is 3.22. The van der Waals surface area contributed by atoms with Crippen molar-refractivity contribution in [1.82, 2.24) is 19.8 Å². The first-order valence-electron chi connectivity index (χ1n) is 10.3. The molecule has 0 aliphatic carbocycles. The Morgan fingerprint density at radius 3 is 2.68 bits per heavy atom. The van der Waals surface area contributed by atoms with Crippen LogP contribution in [0.4, 0.5) is 4.79 Å². The largest absolute Gasteiger partial charge is 0.383 e. The van der Waals surface area contributed by atoms with E-state index in [1.807, 2.05) is 68.2 Å². The molecule has 0 aromatic carbocycles. The van der Waals surface area contributed by atoms with Crippen LogP contribution in [0.15, 0.2) is 40.9 Å². The van der Waals surface area contributed by atoms with Crippen molar-refractivity contribution in [2.45, 2.75) is 38.8 Å². The van der Waals surface area contributed by atoms with Crippen molar-refractivity contribution >= 4 is 29.0 Å². The summed E-state index contributed by atoms with van der Waals surface area (Å²) < 4.78 is 7.15. The van der Waals surface area contributed by atoms with E-state index in [4.69, 9.17) is 4.74 Å². The van der Waals surface area contributed by atoms with E-state index in [2.05, 4.69) is 10.4 Å². The highest BCUT2D eigenvalue weighted by Gasteiger charge is 2.36. The number of carbonyl (C=O) groups excluding carboxylic acids is 2. The third kappa shape index (κ3) is 5.74. The highest BCUT2D eigenvalue weighted by atomic mass is 32.1. The lowest BCUT2D eigenvalue weighted by molar-refractivity contribution is -0.133. The standard InChI is InChI=1S/C22H31N5O3S/c1-22(2,3)23-21(29)26(11-12-30-5)15-20(28)27-18(17-8-6-10-25(17)4)14-16(24-27)19-9-7-13-31-19/h6-10,13,18H,11-12,14-15H2,1-5H3,(H,23,29). The molecule has 0 bridgehead atoms. The van der Waals surface area contributed by atoms with Gasteiger partial charge in [0.15, 0.2) is 0 Å². The number of aryl methyl sites for hydroxylation is 1. The highest BCUT2D eigenvalue weighted by molar-refractivity contribution is 7.12. The summed E-state index contributed by atoms with van der Waals surface area (Å²) >= 11 is 1.61. The molecule has 3 rings (SSSR count). The van der Waals surface area contributed by atoms with Gasteiger partial charge in [-0.05, 0) is 44.4 Å². The Morgan fingerprint density at radius 1 is 1.32 bits per heavy atom. The summed E-state index contributed by atoms with van der Waals surface area (Å²) in [5, 5.41) is 11.1. The van der Waals surface area contributed by atoms with Gasteiger partial charge in [0.1, 0.15) is 12.6 Å². The minimum atomic E-state index is -0.408. The Balaban J connectivity index is 1.83. The second kappa shape index (κ2) is 9.65. The number of hydrogen-bond donors (Lipinski definition) is 1. The second-order valence-corrected chi connectivity index (χ2v) is 9.57. The van der Waals surface area contributed by atoms with Crippen LogP contribution in [0.25, 0.3) is 0 Å². The first-order valence-corrected chi connectivity index (χ1v) is 11.2. The van der Waals surface area contributed by atoms with Crippen LogP contribution in [0.3, 0.4) is 0 Å². The zero-order valence-corrected chi connectivity index (χ0v) is 19.6.